The Balaban J connectivity index is 2.04. The van der Waals surface area contributed by atoms with Crippen molar-refractivity contribution in [1.82, 2.24) is 14.7 Å². The van der Waals surface area contributed by atoms with Crippen molar-refractivity contribution in [2.75, 3.05) is 20.8 Å². The van der Waals surface area contributed by atoms with Gasteiger partial charge in [-0.05, 0) is 12.1 Å². The molecule has 5 nitrogen and oxygen atoms in total. The molecule has 2 aromatic rings. The fourth-order valence-corrected chi connectivity index (χ4v) is 1.76. The van der Waals surface area contributed by atoms with E-state index < -0.39 is 0 Å². The quantitative estimate of drug-likeness (QED) is 0.817. The van der Waals surface area contributed by atoms with Crippen molar-refractivity contribution >= 4 is 5.91 Å². The first-order valence-corrected chi connectivity index (χ1v) is 6.02. The largest absolute Gasteiger partial charge is 0.375 e. The van der Waals surface area contributed by atoms with E-state index in [0.717, 1.165) is 11.3 Å². The van der Waals surface area contributed by atoms with Gasteiger partial charge in [-0.3, -0.25) is 4.79 Å². The maximum Gasteiger partial charge on any atom is 0.248 e. The molecule has 5 heteroatoms. The number of hydrogen-bond donors (Lipinski definition) is 0. The third kappa shape index (κ3) is 3.42. The summed E-state index contributed by atoms with van der Waals surface area (Å²) >= 11 is 0. The van der Waals surface area contributed by atoms with Gasteiger partial charge in [-0.15, -0.1) is 0 Å². The predicted octanol–water partition coefficient (Wildman–Crippen LogP) is 1.48. The van der Waals surface area contributed by atoms with Gasteiger partial charge < -0.3 is 9.64 Å². The fourth-order valence-electron chi connectivity index (χ4n) is 1.76. The molecule has 1 amide bonds. The van der Waals surface area contributed by atoms with Crippen molar-refractivity contribution in [3.8, 4) is 5.69 Å². The van der Waals surface area contributed by atoms with Gasteiger partial charge in [0.05, 0.1) is 11.9 Å². The molecular formula is C14H17N3O2. The lowest BCUT2D eigenvalue weighted by atomic mass is 10.3. The molecule has 2 rings (SSSR count). The molecule has 0 spiro atoms. The summed E-state index contributed by atoms with van der Waals surface area (Å²) in [5.74, 6) is -0.0463. The normalized spacial score (nSPS) is 10.4. The van der Waals surface area contributed by atoms with Crippen LogP contribution in [0, 0.1) is 0 Å². The minimum atomic E-state index is -0.0463. The maximum absolute atomic E-state index is 11.6. The Labute approximate surface area is 112 Å². The van der Waals surface area contributed by atoms with Crippen LogP contribution in [0.25, 0.3) is 5.69 Å². The number of carbonyl (C=O) groups is 1. The minimum Gasteiger partial charge on any atom is -0.375 e. The molecule has 0 fully saturated rings. The standard InChI is InChI=1S/C14H17N3O2/c1-16(14(18)11-19-2)9-12-8-15-17(10-12)13-6-4-3-5-7-13/h3-8,10H,9,11H2,1-2H3. The number of rotatable bonds is 5. The molecule has 1 heterocycles. The monoisotopic (exact) mass is 259 g/mol. The lowest BCUT2D eigenvalue weighted by molar-refractivity contribution is -0.134. The second kappa shape index (κ2) is 6.15. The van der Waals surface area contributed by atoms with Crippen LogP contribution in [0.5, 0.6) is 0 Å². The van der Waals surface area contributed by atoms with Crippen LogP contribution >= 0.6 is 0 Å². The highest BCUT2D eigenvalue weighted by Crippen LogP contribution is 2.09. The number of aromatic nitrogens is 2. The summed E-state index contributed by atoms with van der Waals surface area (Å²) in [6.07, 6.45) is 3.69. The van der Waals surface area contributed by atoms with E-state index in [1.165, 1.54) is 7.11 Å². The lowest BCUT2D eigenvalue weighted by Crippen LogP contribution is -2.29. The molecule has 0 bridgehead atoms. The Morgan fingerprint density at radius 2 is 2.11 bits per heavy atom. The average Bonchev–Trinajstić information content (AvgIpc) is 2.88. The van der Waals surface area contributed by atoms with Crippen LogP contribution in [-0.2, 0) is 16.1 Å². The molecular weight excluding hydrogens is 242 g/mol. The van der Waals surface area contributed by atoms with Gasteiger partial charge in [-0.1, -0.05) is 18.2 Å². The number of nitrogens with zero attached hydrogens (tertiary/aromatic N) is 3. The summed E-state index contributed by atoms with van der Waals surface area (Å²) in [5, 5.41) is 4.29. The van der Waals surface area contributed by atoms with E-state index in [-0.39, 0.29) is 12.5 Å². The first-order chi connectivity index (χ1) is 9.20. The molecule has 1 aromatic heterocycles. The molecule has 0 aliphatic heterocycles. The zero-order chi connectivity index (χ0) is 13.7. The van der Waals surface area contributed by atoms with Crippen LogP contribution < -0.4 is 0 Å². The molecule has 0 N–H and O–H groups in total. The van der Waals surface area contributed by atoms with Crippen LogP contribution in [0.2, 0.25) is 0 Å². The Hall–Kier alpha value is -2.14. The Morgan fingerprint density at radius 3 is 2.79 bits per heavy atom. The summed E-state index contributed by atoms with van der Waals surface area (Å²) < 4.78 is 6.62. The molecule has 1 aromatic carbocycles. The third-order valence-electron chi connectivity index (χ3n) is 2.77. The van der Waals surface area contributed by atoms with Crippen LogP contribution in [0.4, 0.5) is 0 Å². The van der Waals surface area contributed by atoms with Crippen LogP contribution in [0.15, 0.2) is 42.7 Å². The van der Waals surface area contributed by atoms with E-state index in [0.29, 0.717) is 6.54 Å². The summed E-state index contributed by atoms with van der Waals surface area (Å²) in [6.45, 7) is 0.623. The van der Waals surface area contributed by atoms with Gasteiger partial charge in [0.25, 0.3) is 0 Å². The second-order valence-corrected chi connectivity index (χ2v) is 4.31. The van der Waals surface area contributed by atoms with Crippen molar-refractivity contribution in [3.63, 3.8) is 0 Å². The summed E-state index contributed by atoms with van der Waals surface area (Å²) in [6, 6.07) is 9.86. The van der Waals surface area contributed by atoms with E-state index in [2.05, 4.69) is 5.10 Å². The van der Waals surface area contributed by atoms with E-state index in [4.69, 9.17) is 4.74 Å². The highest BCUT2D eigenvalue weighted by molar-refractivity contribution is 5.77. The number of ether oxygens (including phenoxy) is 1. The highest BCUT2D eigenvalue weighted by Gasteiger charge is 2.10. The smallest absolute Gasteiger partial charge is 0.248 e. The molecule has 0 radical (unpaired) electrons. The van der Waals surface area contributed by atoms with E-state index in [1.54, 1.807) is 22.8 Å². The number of amides is 1. The molecule has 0 unspecified atom stereocenters. The van der Waals surface area contributed by atoms with Crippen molar-refractivity contribution in [2.45, 2.75) is 6.54 Å². The molecule has 19 heavy (non-hydrogen) atoms. The van der Waals surface area contributed by atoms with Crippen LogP contribution in [0.3, 0.4) is 0 Å². The molecule has 0 aliphatic carbocycles. The first-order valence-electron chi connectivity index (χ1n) is 6.02. The van der Waals surface area contributed by atoms with Crippen LogP contribution in [-0.4, -0.2) is 41.4 Å². The van der Waals surface area contributed by atoms with Gasteiger partial charge >= 0.3 is 0 Å². The van der Waals surface area contributed by atoms with E-state index in [1.807, 2.05) is 36.5 Å². The number of hydrogen-bond acceptors (Lipinski definition) is 3. The molecule has 0 atom stereocenters. The zero-order valence-corrected chi connectivity index (χ0v) is 11.1. The Bertz CT molecular complexity index is 537. The second-order valence-electron chi connectivity index (χ2n) is 4.31. The van der Waals surface area contributed by atoms with Crippen molar-refractivity contribution in [3.05, 3.63) is 48.3 Å². The summed E-state index contributed by atoms with van der Waals surface area (Å²) in [4.78, 5) is 13.2. The minimum absolute atomic E-state index is 0.0463. The average molecular weight is 259 g/mol. The topological polar surface area (TPSA) is 47.4 Å². The lowest BCUT2D eigenvalue weighted by Gasteiger charge is -2.15. The number of benzene rings is 1. The first kappa shape index (κ1) is 13.3. The van der Waals surface area contributed by atoms with E-state index in [9.17, 15) is 4.79 Å². The van der Waals surface area contributed by atoms with Gasteiger partial charge in [0.1, 0.15) is 6.61 Å². The Kier molecular flexibility index (Phi) is 4.30. The summed E-state index contributed by atoms with van der Waals surface area (Å²) in [5.41, 5.74) is 1.98. The number of carbonyl (C=O) groups excluding carboxylic acids is 1. The molecule has 100 valence electrons. The number of likely N-dealkylation sites (N-methyl/N-ethyl adjacent to an activating group) is 1. The molecule has 0 aliphatic rings. The summed E-state index contributed by atoms with van der Waals surface area (Å²) in [7, 11) is 3.26. The predicted molar refractivity (Wildman–Crippen MR) is 71.9 cm³/mol. The third-order valence-corrected chi connectivity index (χ3v) is 2.77. The Morgan fingerprint density at radius 1 is 1.37 bits per heavy atom. The maximum atomic E-state index is 11.6. The van der Waals surface area contributed by atoms with Gasteiger partial charge in [0, 0.05) is 32.5 Å². The fraction of sp³-hybridized carbons (Fsp3) is 0.286. The highest BCUT2D eigenvalue weighted by atomic mass is 16.5. The van der Waals surface area contributed by atoms with Crippen molar-refractivity contribution in [2.24, 2.45) is 0 Å². The molecule has 0 saturated carbocycles. The van der Waals surface area contributed by atoms with Crippen molar-refractivity contribution < 1.29 is 9.53 Å². The number of methoxy groups -OCH3 is 1. The van der Waals surface area contributed by atoms with Gasteiger partial charge in [0.2, 0.25) is 5.91 Å². The van der Waals surface area contributed by atoms with Gasteiger partial charge in [-0.25, -0.2) is 4.68 Å². The molecule has 0 saturated heterocycles. The van der Waals surface area contributed by atoms with E-state index >= 15 is 0 Å². The van der Waals surface area contributed by atoms with Gasteiger partial charge in [-0.2, -0.15) is 5.10 Å². The zero-order valence-electron chi connectivity index (χ0n) is 11.1. The van der Waals surface area contributed by atoms with Crippen LogP contribution in [0.1, 0.15) is 5.56 Å². The SMILES string of the molecule is COCC(=O)N(C)Cc1cnn(-c2ccccc2)c1. The number of para-hydroxylation sites is 1. The van der Waals surface area contributed by atoms with Crippen molar-refractivity contribution in [1.29, 1.82) is 0 Å². The van der Waals surface area contributed by atoms with Gasteiger partial charge in [0.15, 0.2) is 0 Å².